The number of carboxylic acid groups (broad SMARTS) is 1. The van der Waals surface area contributed by atoms with Crippen LogP contribution < -0.4 is 0 Å². The molecule has 0 aliphatic carbocycles. The van der Waals surface area contributed by atoms with E-state index in [1.54, 1.807) is 11.0 Å². The van der Waals surface area contributed by atoms with Crippen LogP contribution in [0, 0.1) is 5.92 Å². The number of rotatable bonds is 2. The molecule has 0 radical (unpaired) electrons. The topological polar surface area (TPSA) is 124 Å². The minimum atomic E-state index is -3.11. The maximum Gasteiger partial charge on any atom is 0.300 e. The molecule has 3 atom stereocenters. The van der Waals surface area contributed by atoms with E-state index in [0.717, 1.165) is 6.92 Å². The minimum Gasteiger partial charge on any atom is -0.481 e. The predicted molar refractivity (Wildman–Crippen MR) is 86.3 cm³/mol. The van der Waals surface area contributed by atoms with Crippen LogP contribution in [0.15, 0.2) is 12.3 Å². The Morgan fingerprint density at radius 3 is 2.50 bits per heavy atom. The molecule has 2 fully saturated rings. The summed E-state index contributed by atoms with van der Waals surface area (Å²) in [4.78, 5) is 24.8. The predicted octanol–water partition coefficient (Wildman–Crippen LogP) is -0.700. The van der Waals surface area contributed by atoms with Gasteiger partial charge in [-0.3, -0.25) is 14.7 Å². The minimum absolute atomic E-state index is 0.00173. The zero-order chi connectivity index (χ0) is 18.1. The number of aromatic nitrogens is 2. The summed E-state index contributed by atoms with van der Waals surface area (Å²) in [7, 11) is 0.667. The molecule has 3 rings (SSSR count). The SMILES string of the molecule is CC(=O)O.CN(C)[C@@H]1CS(=O)(=O)[C@H]2CN(C(=O)c3ccn[nH]3)C[C@@H]12. The van der Waals surface area contributed by atoms with Gasteiger partial charge in [-0.2, -0.15) is 5.10 Å². The smallest absolute Gasteiger partial charge is 0.300 e. The summed E-state index contributed by atoms with van der Waals surface area (Å²) in [5, 5.41) is 13.4. The molecule has 2 N–H and O–H groups in total. The quantitative estimate of drug-likeness (QED) is 0.716. The summed E-state index contributed by atoms with van der Waals surface area (Å²) < 4.78 is 24.5. The summed E-state index contributed by atoms with van der Waals surface area (Å²) >= 11 is 0. The van der Waals surface area contributed by atoms with Gasteiger partial charge in [-0.25, -0.2) is 8.42 Å². The van der Waals surface area contributed by atoms with Crippen molar-refractivity contribution in [2.75, 3.05) is 32.9 Å². The molecule has 24 heavy (non-hydrogen) atoms. The van der Waals surface area contributed by atoms with Gasteiger partial charge in [0.25, 0.3) is 11.9 Å². The van der Waals surface area contributed by atoms with Gasteiger partial charge in [-0.15, -0.1) is 0 Å². The second-order valence-electron chi connectivity index (χ2n) is 6.26. The first kappa shape index (κ1) is 18.4. The molecule has 0 bridgehead atoms. The third-order valence-electron chi connectivity index (χ3n) is 4.35. The number of hydrogen-bond donors (Lipinski definition) is 2. The molecule has 3 heterocycles. The highest BCUT2D eigenvalue weighted by Gasteiger charge is 2.53. The van der Waals surface area contributed by atoms with Crippen molar-refractivity contribution in [1.29, 1.82) is 0 Å². The second kappa shape index (κ2) is 6.89. The number of nitrogens with zero attached hydrogens (tertiary/aromatic N) is 3. The van der Waals surface area contributed by atoms with Crippen LogP contribution in [0.4, 0.5) is 0 Å². The van der Waals surface area contributed by atoms with Crippen molar-refractivity contribution in [2.24, 2.45) is 5.92 Å². The van der Waals surface area contributed by atoms with Gasteiger partial charge in [0.1, 0.15) is 5.69 Å². The van der Waals surface area contributed by atoms with E-state index in [4.69, 9.17) is 9.90 Å². The van der Waals surface area contributed by atoms with Gasteiger partial charge in [-0.1, -0.05) is 0 Å². The lowest BCUT2D eigenvalue weighted by atomic mass is 10.00. The zero-order valence-corrected chi connectivity index (χ0v) is 14.7. The average Bonchev–Trinajstić information content (AvgIpc) is 3.15. The number of aliphatic carboxylic acids is 1. The van der Waals surface area contributed by atoms with Gasteiger partial charge in [-0.05, 0) is 20.2 Å². The largest absolute Gasteiger partial charge is 0.481 e. The third-order valence-corrected chi connectivity index (χ3v) is 6.58. The van der Waals surface area contributed by atoms with E-state index in [1.165, 1.54) is 6.20 Å². The molecular weight excluding hydrogens is 336 g/mol. The monoisotopic (exact) mass is 358 g/mol. The Kier molecular flexibility index (Phi) is 5.29. The number of aromatic amines is 1. The fourth-order valence-electron chi connectivity index (χ4n) is 3.28. The Labute approximate surface area is 140 Å². The molecular formula is C14H22N4O5S. The van der Waals surface area contributed by atoms with Crippen molar-refractivity contribution >= 4 is 21.7 Å². The summed E-state index contributed by atoms with van der Waals surface area (Å²) in [6.45, 7) is 1.86. The Hall–Kier alpha value is -1.94. The molecule has 0 saturated carbocycles. The second-order valence-corrected chi connectivity index (χ2v) is 8.53. The number of hydrogen-bond acceptors (Lipinski definition) is 6. The number of nitrogens with one attached hydrogen (secondary N) is 1. The van der Waals surface area contributed by atoms with Crippen LogP contribution in [0.3, 0.4) is 0 Å². The summed E-state index contributed by atoms with van der Waals surface area (Å²) in [5.41, 5.74) is 0.406. The molecule has 0 unspecified atom stereocenters. The lowest BCUT2D eigenvalue weighted by Gasteiger charge is -2.24. The van der Waals surface area contributed by atoms with Crippen molar-refractivity contribution in [1.82, 2.24) is 20.0 Å². The number of carbonyl (C=O) groups is 2. The standard InChI is InChI=1S/C12H18N4O3S.C2H4O2/c1-15(2)10-7-20(18,19)11-6-16(5-8(10)11)12(17)9-3-4-13-14-9;1-2(3)4/h3-4,8,10-11H,5-7H2,1-2H3,(H,13,14);1H3,(H,3,4)/t8-,10+,11-;/m0./s1. The number of carbonyl (C=O) groups excluding carboxylic acids is 1. The molecule has 0 spiro atoms. The van der Waals surface area contributed by atoms with Crippen LogP contribution >= 0.6 is 0 Å². The van der Waals surface area contributed by atoms with Crippen LogP contribution in [0.1, 0.15) is 17.4 Å². The fourth-order valence-corrected chi connectivity index (χ4v) is 5.75. The molecule has 1 aromatic rings. The highest BCUT2D eigenvalue weighted by Crippen LogP contribution is 2.36. The van der Waals surface area contributed by atoms with Crippen molar-refractivity contribution in [2.45, 2.75) is 18.2 Å². The maximum absolute atomic E-state index is 12.3. The Morgan fingerprint density at radius 2 is 2.00 bits per heavy atom. The van der Waals surface area contributed by atoms with Crippen LogP contribution in [-0.4, -0.2) is 89.6 Å². The van der Waals surface area contributed by atoms with Gasteiger partial charge >= 0.3 is 0 Å². The molecule has 2 aliphatic heterocycles. The number of sulfone groups is 1. The Balaban J connectivity index is 0.000000471. The van der Waals surface area contributed by atoms with E-state index in [0.29, 0.717) is 12.2 Å². The molecule has 10 heteroatoms. The Bertz CT molecular complexity index is 697. The van der Waals surface area contributed by atoms with Crippen LogP contribution in [0.25, 0.3) is 0 Å². The van der Waals surface area contributed by atoms with Crippen LogP contribution in [0.5, 0.6) is 0 Å². The molecule has 2 aliphatic rings. The Morgan fingerprint density at radius 1 is 1.38 bits per heavy atom. The first-order chi connectivity index (χ1) is 11.1. The first-order valence-electron chi connectivity index (χ1n) is 7.49. The normalized spacial score (nSPS) is 27.5. The molecule has 2 saturated heterocycles. The van der Waals surface area contributed by atoms with Crippen LogP contribution in [0.2, 0.25) is 0 Å². The summed E-state index contributed by atoms with van der Waals surface area (Å²) in [5.74, 6) is -0.812. The molecule has 1 amide bonds. The number of amides is 1. The molecule has 1 aromatic heterocycles. The summed E-state index contributed by atoms with van der Waals surface area (Å²) in [6, 6.07) is 1.60. The highest BCUT2D eigenvalue weighted by atomic mass is 32.2. The van der Waals surface area contributed by atoms with Crippen LogP contribution in [-0.2, 0) is 14.6 Å². The highest BCUT2D eigenvalue weighted by molar-refractivity contribution is 7.92. The number of likely N-dealkylation sites (tertiary alicyclic amines) is 1. The average molecular weight is 358 g/mol. The van der Waals surface area contributed by atoms with E-state index < -0.39 is 21.1 Å². The molecule has 0 aromatic carbocycles. The van der Waals surface area contributed by atoms with E-state index in [9.17, 15) is 13.2 Å². The third kappa shape index (κ3) is 3.75. The molecule has 134 valence electrons. The molecule has 9 nitrogen and oxygen atoms in total. The number of carboxylic acids is 1. The van der Waals surface area contributed by atoms with Gasteiger partial charge in [0.15, 0.2) is 9.84 Å². The van der Waals surface area contributed by atoms with E-state index in [2.05, 4.69) is 10.2 Å². The van der Waals surface area contributed by atoms with Gasteiger partial charge < -0.3 is 14.9 Å². The van der Waals surface area contributed by atoms with Gasteiger partial charge in [0, 0.05) is 38.2 Å². The van der Waals surface area contributed by atoms with Crippen molar-refractivity contribution < 1.29 is 23.1 Å². The van der Waals surface area contributed by atoms with Crippen molar-refractivity contribution in [3.63, 3.8) is 0 Å². The van der Waals surface area contributed by atoms with Gasteiger partial charge in [0.2, 0.25) is 0 Å². The van der Waals surface area contributed by atoms with E-state index in [1.807, 2.05) is 19.0 Å². The number of H-pyrrole nitrogens is 1. The maximum atomic E-state index is 12.3. The van der Waals surface area contributed by atoms with Crippen molar-refractivity contribution in [3.8, 4) is 0 Å². The number of fused-ring (bicyclic) bond motifs is 1. The fraction of sp³-hybridized carbons (Fsp3) is 0.643. The zero-order valence-electron chi connectivity index (χ0n) is 13.8. The van der Waals surface area contributed by atoms with Gasteiger partial charge in [0.05, 0.1) is 11.0 Å². The van der Waals surface area contributed by atoms with E-state index in [-0.39, 0.29) is 30.2 Å². The van der Waals surface area contributed by atoms with Crippen molar-refractivity contribution in [3.05, 3.63) is 18.0 Å². The lowest BCUT2D eigenvalue weighted by molar-refractivity contribution is -0.134. The van der Waals surface area contributed by atoms with E-state index >= 15 is 0 Å². The summed E-state index contributed by atoms with van der Waals surface area (Å²) in [6.07, 6.45) is 1.52. The lowest BCUT2D eigenvalue weighted by Crippen LogP contribution is -2.38. The first-order valence-corrected chi connectivity index (χ1v) is 9.21.